The van der Waals surface area contributed by atoms with Gasteiger partial charge in [-0.05, 0) is 66.2 Å². The van der Waals surface area contributed by atoms with Crippen LogP contribution in [0.15, 0.2) is 66.0 Å². The predicted octanol–water partition coefficient (Wildman–Crippen LogP) is 5.77. The first-order chi connectivity index (χ1) is 15.5. The van der Waals surface area contributed by atoms with Crippen molar-refractivity contribution in [2.24, 2.45) is 0 Å². The van der Waals surface area contributed by atoms with Crippen LogP contribution in [0, 0.1) is 5.82 Å². The molecule has 166 valence electrons. The van der Waals surface area contributed by atoms with E-state index in [1.165, 1.54) is 12.1 Å². The van der Waals surface area contributed by atoms with E-state index in [0.29, 0.717) is 23.8 Å². The molecule has 0 aliphatic heterocycles. The number of thiophene rings is 1. The number of benzene rings is 2. The lowest BCUT2D eigenvalue weighted by Crippen LogP contribution is -2.45. The molecule has 1 N–H and O–H groups in total. The molecule has 2 aromatic carbocycles. The number of hydrogen-bond acceptors (Lipinski definition) is 3. The molecular weight excluding hydrogens is 449 g/mol. The van der Waals surface area contributed by atoms with Gasteiger partial charge in [-0.15, -0.1) is 11.3 Å². The predicted molar refractivity (Wildman–Crippen MR) is 125 cm³/mol. The second kappa shape index (κ2) is 10.1. The van der Waals surface area contributed by atoms with E-state index in [-0.39, 0.29) is 30.3 Å². The molecule has 1 aliphatic carbocycles. The molecule has 1 fully saturated rings. The summed E-state index contributed by atoms with van der Waals surface area (Å²) in [5.74, 6) is -0.468. The van der Waals surface area contributed by atoms with Crippen molar-refractivity contribution in [3.63, 3.8) is 0 Å². The molecule has 0 saturated heterocycles. The minimum Gasteiger partial charge on any atom is -0.332 e. The maximum absolute atomic E-state index is 13.3. The molecule has 4 rings (SSSR count). The molecule has 1 aliphatic rings. The van der Waals surface area contributed by atoms with E-state index in [2.05, 4.69) is 5.32 Å². The van der Waals surface area contributed by atoms with Crippen LogP contribution in [0.1, 0.15) is 23.3 Å². The van der Waals surface area contributed by atoms with Gasteiger partial charge in [-0.2, -0.15) is 0 Å². The number of anilines is 1. The summed E-state index contributed by atoms with van der Waals surface area (Å²) in [7, 11) is 0. The van der Waals surface area contributed by atoms with Gasteiger partial charge in [0.2, 0.25) is 5.91 Å². The summed E-state index contributed by atoms with van der Waals surface area (Å²) >= 11 is 7.49. The van der Waals surface area contributed by atoms with E-state index >= 15 is 0 Å². The standard InChI is InChI=1S/C24H23ClFN3O2S/c25-18-5-9-20(10-6-18)27-24(31)29(21-11-12-21)16-23(30)28(15-22-2-1-13-32-22)14-17-3-7-19(26)8-4-17/h1-10,13,21H,11-12,14-16H2,(H,27,31). The molecule has 0 spiro atoms. The minimum atomic E-state index is -0.316. The van der Waals surface area contributed by atoms with Gasteiger partial charge in [-0.1, -0.05) is 29.8 Å². The summed E-state index contributed by atoms with van der Waals surface area (Å²) in [5.41, 5.74) is 1.46. The van der Waals surface area contributed by atoms with Crippen LogP contribution < -0.4 is 5.32 Å². The van der Waals surface area contributed by atoms with Gasteiger partial charge in [0.1, 0.15) is 12.4 Å². The Kier molecular flexibility index (Phi) is 7.07. The van der Waals surface area contributed by atoms with Gasteiger partial charge >= 0.3 is 6.03 Å². The van der Waals surface area contributed by atoms with Gasteiger partial charge < -0.3 is 15.1 Å². The number of hydrogen-bond donors (Lipinski definition) is 1. The van der Waals surface area contributed by atoms with Crippen molar-refractivity contribution in [2.45, 2.75) is 32.0 Å². The zero-order valence-corrected chi connectivity index (χ0v) is 18.9. The maximum Gasteiger partial charge on any atom is 0.322 e. The van der Waals surface area contributed by atoms with Crippen molar-refractivity contribution in [1.29, 1.82) is 0 Å². The third-order valence-corrected chi connectivity index (χ3v) is 6.33. The van der Waals surface area contributed by atoms with Crippen LogP contribution in [0.4, 0.5) is 14.9 Å². The molecule has 0 atom stereocenters. The van der Waals surface area contributed by atoms with Crippen molar-refractivity contribution in [3.05, 3.63) is 87.3 Å². The third kappa shape index (κ3) is 6.08. The molecule has 1 saturated carbocycles. The third-order valence-electron chi connectivity index (χ3n) is 5.22. The molecule has 0 radical (unpaired) electrons. The van der Waals surface area contributed by atoms with Crippen LogP contribution in [0.5, 0.6) is 0 Å². The number of carbonyl (C=O) groups is 2. The van der Waals surface area contributed by atoms with E-state index < -0.39 is 0 Å². The Bertz CT molecular complexity index is 1050. The fourth-order valence-corrected chi connectivity index (χ4v) is 4.21. The molecular formula is C24H23ClFN3O2S. The highest BCUT2D eigenvalue weighted by molar-refractivity contribution is 7.09. The summed E-state index contributed by atoms with van der Waals surface area (Å²) in [6.07, 6.45) is 1.76. The molecule has 3 aromatic rings. The smallest absolute Gasteiger partial charge is 0.322 e. The Morgan fingerprint density at radius 1 is 1.03 bits per heavy atom. The Morgan fingerprint density at radius 3 is 2.38 bits per heavy atom. The first-order valence-corrected chi connectivity index (χ1v) is 11.6. The van der Waals surface area contributed by atoms with Crippen molar-refractivity contribution in [2.75, 3.05) is 11.9 Å². The monoisotopic (exact) mass is 471 g/mol. The van der Waals surface area contributed by atoms with E-state index in [1.54, 1.807) is 57.5 Å². The van der Waals surface area contributed by atoms with Crippen LogP contribution in [-0.4, -0.2) is 34.3 Å². The highest BCUT2D eigenvalue weighted by atomic mass is 35.5. The summed E-state index contributed by atoms with van der Waals surface area (Å²) in [4.78, 5) is 30.6. The van der Waals surface area contributed by atoms with Gasteiger partial charge in [0, 0.05) is 28.2 Å². The number of urea groups is 1. The van der Waals surface area contributed by atoms with Crippen LogP contribution in [0.25, 0.3) is 0 Å². The van der Waals surface area contributed by atoms with E-state index in [1.807, 2.05) is 17.5 Å². The first kappa shape index (κ1) is 22.3. The van der Waals surface area contributed by atoms with Crippen molar-refractivity contribution < 1.29 is 14.0 Å². The zero-order valence-electron chi connectivity index (χ0n) is 17.3. The molecule has 3 amide bonds. The molecule has 32 heavy (non-hydrogen) atoms. The first-order valence-electron chi connectivity index (χ1n) is 10.4. The average Bonchev–Trinajstić information content (AvgIpc) is 3.49. The SMILES string of the molecule is O=C(CN(C(=O)Nc1ccc(Cl)cc1)C1CC1)N(Cc1ccc(F)cc1)Cc1cccs1. The fourth-order valence-electron chi connectivity index (χ4n) is 3.36. The number of halogens is 2. The maximum atomic E-state index is 13.3. The quantitative estimate of drug-likeness (QED) is 0.453. The minimum absolute atomic E-state index is 0.0172. The second-order valence-corrected chi connectivity index (χ2v) is 9.22. The van der Waals surface area contributed by atoms with Crippen molar-refractivity contribution in [1.82, 2.24) is 9.80 Å². The highest BCUT2D eigenvalue weighted by Gasteiger charge is 2.35. The van der Waals surface area contributed by atoms with Gasteiger partial charge in [-0.25, -0.2) is 9.18 Å². The molecule has 0 unspecified atom stereocenters. The largest absolute Gasteiger partial charge is 0.332 e. The highest BCUT2D eigenvalue weighted by Crippen LogP contribution is 2.28. The molecule has 8 heteroatoms. The van der Waals surface area contributed by atoms with E-state index in [9.17, 15) is 14.0 Å². The number of carbonyl (C=O) groups excluding carboxylic acids is 2. The number of nitrogens with one attached hydrogen (secondary N) is 1. The number of nitrogens with zero attached hydrogens (tertiary/aromatic N) is 2. The van der Waals surface area contributed by atoms with Gasteiger partial charge in [-0.3, -0.25) is 4.79 Å². The van der Waals surface area contributed by atoms with Crippen LogP contribution in [0.3, 0.4) is 0 Å². The fraction of sp³-hybridized carbons (Fsp3) is 0.250. The van der Waals surface area contributed by atoms with E-state index in [0.717, 1.165) is 23.3 Å². The molecule has 1 aromatic heterocycles. The van der Waals surface area contributed by atoms with E-state index in [4.69, 9.17) is 11.6 Å². The Hall–Kier alpha value is -2.90. The summed E-state index contributed by atoms with van der Waals surface area (Å²) in [5, 5.41) is 5.40. The lowest BCUT2D eigenvalue weighted by atomic mass is 10.2. The lowest BCUT2D eigenvalue weighted by Gasteiger charge is -2.28. The lowest BCUT2D eigenvalue weighted by molar-refractivity contribution is -0.133. The number of rotatable bonds is 8. The van der Waals surface area contributed by atoms with Crippen molar-refractivity contribution >= 4 is 40.6 Å². The summed E-state index contributed by atoms with van der Waals surface area (Å²) in [6.45, 7) is 0.760. The average molecular weight is 472 g/mol. The van der Waals surface area contributed by atoms with Gasteiger partial charge in [0.25, 0.3) is 0 Å². The molecule has 5 nitrogen and oxygen atoms in total. The normalized spacial score (nSPS) is 12.9. The van der Waals surface area contributed by atoms with Gasteiger partial charge in [0.15, 0.2) is 0 Å². The molecule has 0 bridgehead atoms. The summed E-state index contributed by atoms with van der Waals surface area (Å²) < 4.78 is 13.3. The Labute approximate surface area is 195 Å². The van der Waals surface area contributed by atoms with Crippen molar-refractivity contribution in [3.8, 4) is 0 Å². The second-order valence-electron chi connectivity index (χ2n) is 7.75. The number of amides is 3. The topological polar surface area (TPSA) is 52.7 Å². The molecule has 1 heterocycles. The van der Waals surface area contributed by atoms with Crippen LogP contribution in [0.2, 0.25) is 5.02 Å². The van der Waals surface area contributed by atoms with Gasteiger partial charge in [0.05, 0.1) is 6.54 Å². The van der Waals surface area contributed by atoms with Crippen LogP contribution in [-0.2, 0) is 17.9 Å². The Balaban J connectivity index is 1.47. The Morgan fingerprint density at radius 2 is 1.75 bits per heavy atom. The van der Waals surface area contributed by atoms with Crippen LogP contribution >= 0.6 is 22.9 Å². The summed E-state index contributed by atoms with van der Waals surface area (Å²) in [6, 6.07) is 16.7. The zero-order chi connectivity index (χ0) is 22.5.